The summed E-state index contributed by atoms with van der Waals surface area (Å²) in [6.07, 6.45) is 5.02. The van der Waals surface area contributed by atoms with Crippen LogP contribution in [0.3, 0.4) is 0 Å². The van der Waals surface area contributed by atoms with Crippen molar-refractivity contribution in [2.45, 2.75) is 6.92 Å². The Balaban J connectivity index is 2.19. The number of terminal acetylenes is 1. The van der Waals surface area contributed by atoms with Crippen LogP contribution in [0.4, 0.5) is 0 Å². The zero-order valence-electron chi connectivity index (χ0n) is 12.3. The van der Waals surface area contributed by atoms with Crippen molar-refractivity contribution in [3.8, 4) is 23.6 Å². The van der Waals surface area contributed by atoms with Gasteiger partial charge in [-0.25, -0.2) is 4.79 Å². The Bertz CT molecular complexity index is 777. The van der Waals surface area contributed by atoms with Gasteiger partial charge in [-0.1, -0.05) is 40.9 Å². The normalized spacial score (nSPS) is 9.96. The van der Waals surface area contributed by atoms with Gasteiger partial charge in [0.1, 0.15) is 17.0 Å². The van der Waals surface area contributed by atoms with Gasteiger partial charge in [0, 0.05) is 5.56 Å². The quantitative estimate of drug-likeness (QED) is 0.670. The van der Waals surface area contributed by atoms with Gasteiger partial charge < -0.3 is 14.6 Å². The SMILES string of the molecule is C#CCNC(=O)COC(=O)c1c(-c2ccccc2Cl)noc1C. The van der Waals surface area contributed by atoms with E-state index in [1.54, 1.807) is 31.2 Å². The molecule has 1 aromatic heterocycles. The summed E-state index contributed by atoms with van der Waals surface area (Å²) in [6.45, 7) is 1.18. The third-order valence-corrected chi connectivity index (χ3v) is 3.25. The van der Waals surface area contributed by atoms with Crippen LogP contribution in [0.2, 0.25) is 5.02 Å². The minimum absolute atomic E-state index is 0.0630. The number of benzene rings is 1. The predicted molar refractivity (Wildman–Crippen MR) is 83.8 cm³/mol. The van der Waals surface area contributed by atoms with E-state index >= 15 is 0 Å². The van der Waals surface area contributed by atoms with Crippen molar-refractivity contribution >= 4 is 23.5 Å². The number of nitrogens with zero attached hydrogens (tertiary/aromatic N) is 1. The zero-order chi connectivity index (χ0) is 16.8. The molecule has 0 spiro atoms. The minimum atomic E-state index is -0.727. The molecule has 0 bridgehead atoms. The first-order chi connectivity index (χ1) is 11.0. The Kier molecular flexibility index (Phi) is 5.39. The average Bonchev–Trinajstić information content (AvgIpc) is 2.92. The van der Waals surface area contributed by atoms with Crippen molar-refractivity contribution in [2.75, 3.05) is 13.2 Å². The van der Waals surface area contributed by atoms with Gasteiger partial charge in [-0.05, 0) is 13.0 Å². The van der Waals surface area contributed by atoms with E-state index in [1.165, 1.54) is 0 Å². The lowest BCUT2D eigenvalue weighted by Gasteiger charge is -2.06. The summed E-state index contributed by atoms with van der Waals surface area (Å²) in [6, 6.07) is 6.89. The fourth-order valence-electron chi connectivity index (χ4n) is 1.85. The lowest BCUT2D eigenvalue weighted by atomic mass is 10.1. The number of nitrogens with one attached hydrogen (secondary N) is 1. The first-order valence-corrected chi connectivity index (χ1v) is 7.00. The highest BCUT2D eigenvalue weighted by atomic mass is 35.5. The summed E-state index contributed by atoms with van der Waals surface area (Å²) < 4.78 is 10.0. The molecule has 0 aliphatic rings. The van der Waals surface area contributed by atoms with E-state index in [4.69, 9.17) is 27.3 Å². The third-order valence-electron chi connectivity index (χ3n) is 2.92. The smallest absolute Gasteiger partial charge is 0.344 e. The molecular weight excluding hydrogens is 320 g/mol. The maximum Gasteiger partial charge on any atom is 0.344 e. The molecule has 0 unspecified atom stereocenters. The van der Waals surface area contributed by atoms with Crippen LogP contribution < -0.4 is 5.32 Å². The molecule has 0 aliphatic carbocycles. The summed E-state index contributed by atoms with van der Waals surface area (Å²) in [7, 11) is 0. The van der Waals surface area contributed by atoms with Gasteiger partial charge in [-0.2, -0.15) is 0 Å². The number of esters is 1. The van der Waals surface area contributed by atoms with Gasteiger partial charge in [0.05, 0.1) is 11.6 Å². The summed E-state index contributed by atoms with van der Waals surface area (Å²) in [5.41, 5.74) is 0.930. The van der Waals surface area contributed by atoms with E-state index in [0.29, 0.717) is 10.6 Å². The van der Waals surface area contributed by atoms with Crippen LogP contribution in [0.1, 0.15) is 16.1 Å². The first kappa shape index (κ1) is 16.6. The number of aryl methyl sites for hydroxylation is 1. The van der Waals surface area contributed by atoms with Crippen molar-refractivity contribution in [3.05, 3.63) is 40.6 Å². The highest BCUT2D eigenvalue weighted by Gasteiger charge is 2.24. The van der Waals surface area contributed by atoms with Crippen LogP contribution in [-0.4, -0.2) is 30.2 Å². The third kappa shape index (κ3) is 3.90. The highest BCUT2D eigenvalue weighted by Crippen LogP contribution is 2.31. The van der Waals surface area contributed by atoms with E-state index in [-0.39, 0.29) is 23.6 Å². The molecule has 118 valence electrons. The molecule has 0 radical (unpaired) electrons. The van der Waals surface area contributed by atoms with Gasteiger partial charge in [-0.3, -0.25) is 4.79 Å². The molecule has 2 aromatic rings. The van der Waals surface area contributed by atoms with E-state index in [2.05, 4.69) is 16.4 Å². The molecule has 0 atom stereocenters. The van der Waals surface area contributed by atoms with Gasteiger partial charge in [0.2, 0.25) is 0 Å². The van der Waals surface area contributed by atoms with Gasteiger partial charge in [0.15, 0.2) is 6.61 Å². The molecule has 1 amide bonds. The second-order valence-electron chi connectivity index (χ2n) is 4.50. The lowest BCUT2D eigenvalue weighted by molar-refractivity contribution is -0.123. The number of carbonyl (C=O) groups excluding carboxylic acids is 2. The highest BCUT2D eigenvalue weighted by molar-refractivity contribution is 6.33. The van der Waals surface area contributed by atoms with Crippen LogP contribution in [-0.2, 0) is 9.53 Å². The number of rotatable bonds is 5. The molecule has 0 fully saturated rings. The number of hydrogen-bond donors (Lipinski definition) is 1. The van der Waals surface area contributed by atoms with Crippen molar-refractivity contribution in [3.63, 3.8) is 0 Å². The van der Waals surface area contributed by atoms with Crippen molar-refractivity contribution in [1.82, 2.24) is 10.5 Å². The molecule has 7 heteroatoms. The van der Waals surface area contributed by atoms with Crippen molar-refractivity contribution in [1.29, 1.82) is 0 Å². The Morgan fingerprint density at radius 1 is 1.43 bits per heavy atom. The van der Waals surface area contributed by atoms with Gasteiger partial charge in [-0.15, -0.1) is 6.42 Å². The molecule has 1 heterocycles. The molecule has 23 heavy (non-hydrogen) atoms. The standard InChI is InChI=1S/C16H13ClN2O4/c1-3-8-18-13(20)9-22-16(21)14-10(2)23-19-15(14)11-6-4-5-7-12(11)17/h1,4-7H,8-9H2,2H3,(H,18,20). The number of aromatic nitrogens is 1. The number of hydrogen-bond acceptors (Lipinski definition) is 5. The van der Waals surface area contributed by atoms with Crippen LogP contribution in [0.5, 0.6) is 0 Å². The lowest BCUT2D eigenvalue weighted by Crippen LogP contribution is -2.29. The molecule has 6 nitrogen and oxygen atoms in total. The molecular formula is C16H13ClN2O4. The van der Waals surface area contributed by atoms with E-state index in [9.17, 15) is 9.59 Å². The largest absolute Gasteiger partial charge is 0.452 e. The summed E-state index contributed by atoms with van der Waals surface area (Å²) >= 11 is 6.11. The van der Waals surface area contributed by atoms with E-state index < -0.39 is 18.5 Å². The maximum absolute atomic E-state index is 12.2. The van der Waals surface area contributed by atoms with Gasteiger partial charge in [0.25, 0.3) is 5.91 Å². The average molecular weight is 333 g/mol. The van der Waals surface area contributed by atoms with Crippen LogP contribution in [0, 0.1) is 19.3 Å². The van der Waals surface area contributed by atoms with Crippen LogP contribution in [0.25, 0.3) is 11.3 Å². The van der Waals surface area contributed by atoms with E-state index in [0.717, 1.165) is 0 Å². The minimum Gasteiger partial charge on any atom is -0.452 e. The Morgan fingerprint density at radius 3 is 2.87 bits per heavy atom. The predicted octanol–water partition coefficient (Wildman–Crippen LogP) is 2.21. The topological polar surface area (TPSA) is 81.4 Å². The zero-order valence-corrected chi connectivity index (χ0v) is 13.0. The van der Waals surface area contributed by atoms with Crippen molar-refractivity contribution < 1.29 is 18.8 Å². The number of ether oxygens (including phenoxy) is 1. The number of halogens is 1. The summed E-state index contributed by atoms with van der Waals surface area (Å²) in [5.74, 6) is 1.30. The molecule has 1 N–H and O–H groups in total. The fourth-order valence-corrected chi connectivity index (χ4v) is 2.08. The number of amides is 1. The first-order valence-electron chi connectivity index (χ1n) is 6.63. The Labute approximate surface area is 137 Å². The summed E-state index contributed by atoms with van der Waals surface area (Å²) in [5, 5.41) is 6.67. The second-order valence-corrected chi connectivity index (χ2v) is 4.91. The second kappa shape index (κ2) is 7.47. The van der Waals surface area contributed by atoms with Crippen LogP contribution in [0.15, 0.2) is 28.8 Å². The van der Waals surface area contributed by atoms with E-state index in [1.807, 2.05) is 0 Å². The Morgan fingerprint density at radius 2 is 2.17 bits per heavy atom. The Hall–Kier alpha value is -2.78. The maximum atomic E-state index is 12.2. The monoisotopic (exact) mass is 332 g/mol. The molecule has 2 rings (SSSR count). The molecule has 0 saturated heterocycles. The van der Waals surface area contributed by atoms with Crippen molar-refractivity contribution in [2.24, 2.45) is 0 Å². The molecule has 0 aliphatic heterocycles. The molecule has 1 aromatic carbocycles. The fraction of sp³-hybridized carbons (Fsp3) is 0.188. The molecule has 0 saturated carbocycles. The number of carbonyl (C=O) groups is 2. The summed E-state index contributed by atoms with van der Waals surface area (Å²) in [4.78, 5) is 23.7. The van der Waals surface area contributed by atoms with Gasteiger partial charge >= 0.3 is 5.97 Å². The van der Waals surface area contributed by atoms with Crippen LogP contribution >= 0.6 is 11.6 Å².